The number of nitrogens with zero attached hydrogens (tertiary/aromatic N) is 1. The van der Waals surface area contributed by atoms with Crippen LogP contribution in [0.3, 0.4) is 0 Å². The Hall–Kier alpha value is -2.15. The Morgan fingerprint density at radius 2 is 2.25 bits per heavy atom. The molecule has 82 valence electrons. The molecule has 0 aromatic heterocycles. The number of ether oxygens (including phenoxy) is 1. The summed E-state index contributed by atoms with van der Waals surface area (Å²) >= 11 is 0. The van der Waals surface area contributed by atoms with Gasteiger partial charge in [0.1, 0.15) is 6.07 Å². The van der Waals surface area contributed by atoms with Gasteiger partial charge in [0.2, 0.25) is 0 Å². The van der Waals surface area contributed by atoms with Gasteiger partial charge in [-0.2, -0.15) is 5.26 Å². The molecule has 0 amide bonds. The third kappa shape index (κ3) is 2.09. The average molecular weight is 217 g/mol. The zero-order chi connectivity index (χ0) is 12.1. The summed E-state index contributed by atoms with van der Waals surface area (Å²) in [5, 5.41) is 8.96. The van der Waals surface area contributed by atoms with Gasteiger partial charge in [0.25, 0.3) is 0 Å². The van der Waals surface area contributed by atoms with E-state index in [1.165, 1.54) is 6.07 Å². The van der Waals surface area contributed by atoms with E-state index in [0.29, 0.717) is 11.8 Å². The Morgan fingerprint density at radius 3 is 2.75 bits per heavy atom. The molecule has 0 radical (unpaired) electrons. The van der Waals surface area contributed by atoms with Gasteiger partial charge in [-0.3, -0.25) is 4.79 Å². The van der Waals surface area contributed by atoms with Crippen LogP contribution in [0.1, 0.15) is 38.8 Å². The van der Waals surface area contributed by atoms with Crippen LogP contribution < -0.4 is 0 Å². The van der Waals surface area contributed by atoms with Crippen LogP contribution in [0.15, 0.2) is 12.1 Å². The minimum Gasteiger partial charge on any atom is -0.462 e. The average Bonchev–Trinajstić information content (AvgIpc) is 2.28. The molecule has 0 atom stereocenters. The lowest BCUT2D eigenvalue weighted by Crippen LogP contribution is -2.10. The van der Waals surface area contributed by atoms with Crippen molar-refractivity contribution >= 4 is 12.3 Å². The van der Waals surface area contributed by atoms with Crippen molar-refractivity contribution < 1.29 is 14.3 Å². The molecule has 4 nitrogen and oxygen atoms in total. The summed E-state index contributed by atoms with van der Waals surface area (Å²) in [6.07, 6.45) is 0.556. The third-order valence-corrected chi connectivity index (χ3v) is 2.16. The van der Waals surface area contributed by atoms with Gasteiger partial charge >= 0.3 is 5.97 Å². The maximum absolute atomic E-state index is 11.6. The zero-order valence-electron chi connectivity index (χ0n) is 9.11. The van der Waals surface area contributed by atoms with Gasteiger partial charge in [0.05, 0.1) is 17.7 Å². The molecular formula is C12H11NO3. The Morgan fingerprint density at radius 1 is 1.56 bits per heavy atom. The second-order valence-corrected chi connectivity index (χ2v) is 3.17. The van der Waals surface area contributed by atoms with Gasteiger partial charge in [-0.15, -0.1) is 0 Å². The predicted octanol–water partition coefficient (Wildman–Crippen LogP) is 1.86. The second kappa shape index (κ2) is 5.08. The molecule has 0 spiro atoms. The summed E-state index contributed by atoms with van der Waals surface area (Å²) in [4.78, 5) is 22.4. The van der Waals surface area contributed by atoms with E-state index < -0.39 is 5.97 Å². The van der Waals surface area contributed by atoms with Crippen molar-refractivity contribution in [2.24, 2.45) is 0 Å². The highest BCUT2D eigenvalue weighted by Crippen LogP contribution is 2.18. The summed E-state index contributed by atoms with van der Waals surface area (Å²) in [6, 6.07) is 5.00. The first kappa shape index (κ1) is 11.9. The van der Waals surface area contributed by atoms with Gasteiger partial charge in [-0.05, 0) is 19.4 Å². The maximum atomic E-state index is 11.6. The molecule has 0 saturated carbocycles. The lowest BCUT2D eigenvalue weighted by Gasteiger charge is -2.08. The minimum absolute atomic E-state index is 0.0773. The van der Waals surface area contributed by atoms with E-state index in [2.05, 4.69) is 0 Å². The van der Waals surface area contributed by atoms with Crippen LogP contribution in [-0.4, -0.2) is 18.9 Å². The maximum Gasteiger partial charge on any atom is 0.339 e. The molecule has 0 aliphatic heterocycles. The van der Waals surface area contributed by atoms with Crippen molar-refractivity contribution in [1.29, 1.82) is 5.26 Å². The van der Waals surface area contributed by atoms with E-state index in [0.717, 1.165) is 0 Å². The lowest BCUT2D eigenvalue weighted by molar-refractivity contribution is 0.0525. The lowest BCUT2D eigenvalue weighted by atomic mass is 9.98. The SMILES string of the molecule is CCOC(=O)c1c(C)ccc(C=O)c1C#N. The monoisotopic (exact) mass is 217 g/mol. The first-order valence-corrected chi connectivity index (χ1v) is 4.81. The number of hydrogen-bond acceptors (Lipinski definition) is 4. The molecule has 1 rings (SSSR count). The third-order valence-electron chi connectivity index (χ3n) is 2.16. The Kier molecular flexibility index (Phi) is 3.78. The normalized spacial score (nSPS) is 9.31. The highest BCUT2D eigenvalue weighted by atomic mass is 16.5. The molecule has 0 aliphatic carbocycles. The number of aryl methyl sites for hydroxylation is 1. The number of nitriles is 1. The van der Waals surface area contributed by atoms with Crippen LogP contribution in [0.5, 0.6) is 0 Å². The van der Waals surface area contributed by atoms with E-state index in [9.17, 15) is 9.59 Å². The molecule has 16 heavy (non-hydrogen) atoms. The summed E-state index contributed by atoms with van der Waals surface area (Å²) < 4.78 is 4.84. The van der Waals surface area contributed by atoms with Crippen molar-refractivity contribution in [2.45, 2.75) is 13.8 Å². The molecule has 4 heteroatoms. The standard InChI is InChI=1S/C12H11NO3/c1-3-16-12(15)11-8(2)4-5-9(7-14)10(11)6-13/h4-5,7H,3H2,1-2H3. The number of rotatable bonds is 3. The summed E-state index contributed by atoms with van der Waals surface area (Å²) in [5.41, 5.74) is 1.08. The van der Waals surface area contributed by atoms with Crippen LogP contribution in [0.25, 0.3) is 0 Å². The number of benzene rings is 1. The quantitative estimate of drug-likeness (QED) is 0.572. The molecule has 0 fully saturated rings. The fraction of sp³-hybridized carbons (Fsp3) is 0.250. The van der Waals surface area contributed by atoms with Gasteiger partial charge in [-0.1, -0.05) is 12.1 Å². The fourth-order valence-corrected chi connectivity index (χ4v) is 1.41. The predicted molar refractivity (Wildman–Crippen MR) is 57.2 cm³/mol. The number of esters is 1. The van der Waals surface area contributed by atoms with E-state index >= 15 is 0 Å². The fourth-order valence-electron chi connectivity index (χ4n) is 1.41. The minimum atomic E-state index is -0.569. The van der Waals surface area contributed by atoms with Crippen molar-refractivity contribution in [2.75, 3.05) is 6.61 Å². The zero-order valence-corrected chi connectivity index (χ0v) is 9.11. The first-order chi connectivity index (χ1) is 7.65. The van der Waals surface area contributed by atoms with Crippen LogP contribution >= 0.6 is 0 Å². The van der Waals surface area contributed by atoms with Gasteiger partial charge in [-0.25, -0.2) is 4.79 Å². The largest absolute Gasteiger partial charge is 0.462 e. The van der Waals surface area contributed by atoms with E-state index in [1.54, 1.807) is 19.9 Å². The molecule has 0 aliphatic rings. The van der Waals surface area contributed by atoms with Gasteiger partial charge in [0, 0.05) is 5.56 Å². The van der Waals surface area contributed by atoms with Crippen molar-refractivity contribution in [3.05, 3.63) is 34.4 Å². The number of carbonyl (C=O) groups excluding carboxylic acids is 2. The number of aldehydes is 1. The van der Waals surface area contributed by atoms with Crippen molar-refractivity contribution in [3.63, 3.8) is 0 Å². The smallest absolute Gasteiger partial charge is 0.339 e. The van der Waals surface area contributed by atoms with Crippen LogP contribution in [0.4, 0.5) is 0 Å². The molecular weight excluding hydrogens is 206 g/mol. The van der Waals surface area contributed by atoms with E-state index in [4.69, 9.17) is 10.00 Å². The molecule has 0 heterocycles. The highest BCUT2D eigenvalue weighted by Gasteiger charge is 2.18. The molecule has 0 N–H and O–H groups in total. The van der Waals surface area contributed by atoms with Crippen LogP contribution in [0.2, 0.25) is 0 Å². The summed E-state index contributed by atoms with van der Waals surface area (Å²) in [7, 11) is 0. The molecule has 0 unspecified atom stereocenters. The molecule has 0 bridgehead atoms. The summed E-state index contributed by atoms with van der Waals surface area (Å²) in [5.74, 6) is -0.569. The highest BCUT2D eigenvalue weighted by molar-refractivity contribution is 5.97. The number of hydrogen-bond donors (Lipinski definition) is 0. The molecule has 1 aromatic rings. The van der Waals surface area contributed by atoms with Crippen LogP contribution in [0, 0.1) is 18.3 Å². The molecule has 1 aromatic carbocycles. The Balaban J connectivity index is 3.41. The first-order valence-electron chi connectivity index (χ1n) is 4.81. The van der Waals surface area contributed by atoms with Gasteiger partial charge < -0.3 is 4.74 Å². The second-order valence-electron chi connectivity index (χ2n) is 3.17. The van der Waals surface area contributed by atoms with Crippen molar-refractivity contribution in [1.82, 2.24) is 0 Å². The van der Waals surface area contributed by atoms with Crippen molar-refractivity contribution in [3.8, 4) is 6.07 Å². The molecule has 0 saturated heterocycles. The Labute approximate surface area is 93.5 Å². The van der Waals surface area contributed by atoms with Crippen LogP contribution in [-0.2, 0) is 4.74 Å². The van der Waals surface area contributed by atoms with E-state index in [1.807, 2.05) is 6.07 Å². The van der Waals surface area contributed by atoms with E-state index in [-0.39, 0.29) is 23.3 Å². The topological polar surface area (TPSA) is 67.2 Å². The number of carbonyl (C=O) groups is 2. The summed E-state index contributed by atoms with van der Waals surface area (Å²) in [6.45, 7) is 3.61. The Bertz CT molecular complexity index is 472. The van der Waals surface area contributed by atoms with Gasteiger partial charge in [0.15, 0.2) is 6.29 Å².